The van der Waals surface area contributed by atoms with Gasteiger partial charge in [0.25, 0.3) is 0 Å². The Labute approximate surface area is 153 Å². The minimum absolute atomic E-state index is 0.0630. The maximum atomic E-state index is 13.0. The Morgan fingerprint density at radius 1 is 1.15 bits per heavy atom. The van der Waals surface area contributed by atoms with Crippen molar-refractivity contribution < 1.29 is 14.0 Å². The van der Waals surface area contributed by atoms with Crippen molar-refractivity contribution in [2.75, 3.05) is 37.6 Å². The predicted octanol–water partition coefficient (Wildman–Crippen LogP) is 2.11. The van der Waals surface area contributed by atoms with Gasteiger partial charge in [-0.25, -0.2) is 9.18 Å². The molecule has 0 radical (unpaired) electrons. The number of rotatable bonds is 6. The van der Waals surface area contributed by atoms with Crippen LogP contribution in [0, 0.1) is 5.82 Å². The lowest BCUT2D eigenvalue weighted by Gasteiger charge is -2.26. The molecule has 7 heteroatoms. The van der Waals surface area contributed by atoms with E-state index in [0.717, 1.165) is 26.1 Å². The molecule has 2 aliphatic heterocycles. The Kier molecular flexibility index (Phi) is 6.44. The molecule has 0 saturated carbocycles. The second kappa shape index (κ2) is 8.98. The molecule has 2 heterocycles. The van der Waals surface area contributed by atoms with E-state index < -0.39 is 0 Å². The van der Waals surface area contributed by atoms with Crippen LogP contribution in [0.25, 0.3) is 0 Å². The molecule has 2 saturated heterocycles. The van der Waals surface area contributed by atoms with Gasteiger partial charge >= 0.3 is 6.03 Å². The lowest BCUT2D eigenvalue weighted by Crippen LogP contribution is -2.44. The Morgan fingerprint density at radius 3 is 2.62 bits per heavy atom. The first-order chi connectivity index (χ1) is 12.6. The third-order valence-electron chi connectivity index (χ3n) is 4.98. The van der Waals surface area contributed by atoms with Crippen molar-refractivity contribution in [2.45, 2.75) is 38.1 Å². The molecule has 26 heavy (non-hydrogen) atoms. The smallest absolute Gasteiger partial charge is 0.315 e. The molecule has 6 nitrogen and oxygen atoms in total. The Morgan fingerprint density at radius 2 is 1.88 bits per heavy atom. The van der Waals surface area contributed by atoms with Gasteiger partial charge in [0, 0.05) is 25.2 Å². The molecule has 1 aromatic rings. The number of anilines is 1. The van der Waals surface area contributed by atoms with Crippen molar-refractivity contribution in [3.05, 3.63) is 30.1 Å². The topological polar surface area (TPSA) is 64.7 Å². The summed E-state index contributed by atoms with van der Waals surface area (Å²) in [5.74, 6) is -0.397. The molecule has 142 valence electrons. The van der Waals surface area contributed by atoms with Crippen molar-refractivity contribution in [1.29, 1.82) is 0 Å². The number of urea groups is 1. The van der Waals surface area contributed by atoms with Crippen molar-refractivity contribution in [3.8, 4) is 0 Å². The molecular weight excluding hydrogens is 335 g/mol. The predicted molar refractivity (Wildman–Crippen MR) is 98.6 cm³/mol. The van der Waals surface area contributed by atoms with Gasteiger partial charge in [0.1, 0.15) is 5.82 Å². The summed E-state index contributed by atoms with van der Waals surface area (Å²) in [6.45, 7) is 4.38. The number of carbonyl (C=O) groups excluding carboxylic acids is 2. The van der Waals surface area contributed by atoms with Crippen LogP contribution in [-0.2, 0) is 4.79 Å². The maximum Gasteiger partial charge on any atom is 0.315 e. The zero-order chi connectivity index (χ0) is 18.4. The van der Waals surface area contributed by atoms with Gasteiger partial charge in [-0.15, -0.1) is 0 Å². The SMILES string of the molecule is O=C(NCCCN1CCCCC1)N[C@@H]1CC(=O)N(c2ccc(F)cc2)C1. The highest BCUT2D eigenvalue weighted by Gasteiger charge is 2.31. The van der Waals surface area contributed by atoms with Crippen molar-refractivity contribution in [1.82, 2.24) is 15.5 Å². The molecule has 0 bridgehead atoms. The number of amides is 3. The zero-order valence-corrected chi connectivity index (χ0v) is 15.0. The van der Waals surface area contributed by atoms with E-state index in [1.165, 1.54) is 31.4 Å². The minimum atomic E-state index is -0.334. The highest BCUT2D eigenvalue weighted by molar-refractivity contribution is 5.96. The van der Waals surface area contributed by atoms with Gasteiger partial charge in [-0.2, -0.15) is 0 Å². The van der Waals surface area contributed by atoms with Crippen LogP contribution >= 0.6 is 0 Å². The van der Waals surface area contributed by atoms with Crippen LogP contribution < -0.4 is 15.5 Å². The summed E-state index contributed by atoms with van der Waals surface area (Å²) >= 11 is 0. The zero-order valence-electron chi connectivity index (χ0n) is 15.0. The number of carbonyl (C=O) groups is 2. The largest absolute Gasteiger partial charge is 0.338 e. The van der Waals surface area contributed by atoms with E-state index in [1.807, 2.05) is 0 Å². The maximum absolute atomic E-state index is 13.0. The van der Waals surface area contributed by atoms with Crippen molar-refractivity contribution in [3.63, 3.8) is 0 Å². The number of nitrogens with one attached hydrogen (secondary N) is 2. The molecule has 3 amide bonds. The Bertz CT molecular complexity index is 616. The number of hydrogen-bond donors (Lipinski definition) is 2. The molecule has 2 fully saturated rings. The van der Waals surface area contributed by atoms with Gasteiger partial charge in [-0.3, -0.25) is 4.79 Å². The van der Waals surface area contributed by atoms with Crippen LogP contribution in [0.3, 0.4) is 0 Å². The fraction of sp³-hybridized carbons (Fsp3) is 0.579. The summed E-state index contributed by atoms with van der Waals surface area (Å²) < 4.78 is 13.0. The highest BCUT2D eigenvalue weighted by Crippen LogP contribution is 2.21. The molecule has 0 aromatic heterocycles. The van der Waals surface area contributed by atoms with E-state index in [9.17, 15) is 14.0 Å². The van der Waals surface area contributed by atoms with E-state index in [0.29, 0.717) is 18.8 Å². The van der Waals surface area contributed by atoms with Crippen LogP contribution in [0.2, 0.25) is 0 Å². The van der Waals surface area contributed by atoms with Gasteiger partial charge in [0.15, 0.2) is 0 Å². The fourth-order valence-corrected chi connectivity index (χ4v) is 3.60. The lowest BCUT2D eigenvalue weighted by molar-refractivity contribution is -0.117. The van der Waals surface area contributed by atoms with E-state index in [4.69, 9.17) is 0 Å². The minimum Gasteiger partial charge on any atom is -0.338 e. The van der Waals surface area contributed by atoms with Crippen LogP contribution in [-0.4, -0.2) is 55.6 Å². The third-order valence-corrected chi connectivity index (χ3v) is 4.98. The van der Waals surface area contributed by atoms with Crippen LogP contribution in [0.1, 0.15) is 32.1 Å². The molecule has 0 aliphatic carbocycles. The third kappa shape index (κ3) is 5.17. The first kappa shape index (κ1) is 18.6. The summed E-state index contributed by atoms with van der Waals surface area (Å²) in [6.07, 6.45) is 5.06. The molecular formula is C19H27FN4O2. The summed E-state index contributed by atoms with van der Waals surface area (Å²) in [5.41, 5.74) is 0.655. The van der Waals surface area contributed by atoms with Crippen LogP contribution in [0.5, 0.6) is 0 Å². The summed E-state index contributed by atoms with van der Waals surface area (Å²) in [5, 5.41) is 5.73. The number of benzene rings is 1. The van der Waals surface area contributed by atoms with Crippen LogP contribution in [0.15, 0.2) is 24.3 Å². The number of likely N-dealkylation sites (tertiary alicyclic amines) is 1. The quantitative estimate of drug-likeness (QED) is 0.762. The fourth-order valence-electron chi connectivity index (χ4n) is 3.60. The standard InChI is InChI=1S/C19H27FN4O2/c20-15-5-7-17(8-6-15)24-14-16(13-18(24)25)22-19(26)21-9-4-12-23-10-2-1-3-11-23/h5-8,16H,1-4,9-14H2,(H2,21,22,26)/t16-/m1/s1. The second-order valence-electron chi connectivity index (χ2n) is 7.04. The van der Waals surface area contributed by atoms with Crippen LogP contribution in [0.4, 0.5) is 14.9 Å². The molecule has 1 aromatic carbocycles. The first-order valence-corrected chi connectivity index (χ1v) is 9.44. The number of halogens is 1. The monoisotopic (exact) mass is 362 g/mol. The first-order valence-electron chi connectivity index (χ1n) is 9.44. The average Bonchev–Trinajstić information content (AvgIpc) is 3.00. The average molecular weight is 362 g/mol. The van der Waals surface area contributed by atoms with Crippen molar-refractivity contribution in [2.24, 2.45) is 0 Å². The normalized spacial score (nSPS) is 21.0. The second-order valence-corrected chi connectivity index (χ2v) is 7.04. The Hall–Kier alpha value is -2.15. The van der Waals surface area contributed by atoms with Gasteiger partial charge < -0.3 is 20.4 Å². The van der Waals surface area contributed by atoms with E-state index >= 15 is 0 Å². The number of piperidine rings is 1. The van der Waals surface area contributed by atoms with E-state index in [-0.39, 0.29) is 30.2 Å². The molecule has 0 unspecified atom stereocenters. The summed E-state index contributed by atoms with van der Waals surface area (Å²) in [4.78, 5) is 28.2. The number of nitrogens with zero attached hydrogens (tertiary/aromatic N) is 2. The summed E-state index contributed by atoms with van der Waals surface area (Å²) in [7, 11) is 0. The van der Waals surface area contributed by atoms with Gasteiger partial charge in [-0.1, -0.05) is 6.42 Å². The molecule has 1 atom stereocenters. The highest BCUT2D eigenvalue weighted by atomic mass is 19.1. The molecule has 2 N–H and O–H groups in total. The lowest BCUT2D eigenvalue weighted by atomic mass is 10.1. The molecule has 3 rings (SSSR count). The summed E-state index contributed by atoms with van der Waals surface area (Å²) in [6, 6.07) is 5.36. The molecule has 2 aliphatic rings. The van der Waals surface area contributed by atoms with Gasteiger partial charge in [-0.05, 0) is 63.2 Å². The molecule has 0 spiro atoms. The van der Waals surface area contributed by atoms with E-state index in [2.05, 4.69) is 15.5 Å². The van der Waals surface area contributed by atoms with Gasteiger partial charge in [0.05, 0.1) is 6.04 Å². The Balaban J connectivity index is 1.36. The van der Waals surface area contributed by atoms with Gasteiger partial charge in [0.2, 0.25) is 5.91 Å². The van der Waals surface area contributed by atoms with E-state index in [1.54, 1.807) is 17.0 Å². The number of hydrogen-bond acceptors (Lipinski definition) is 3. The van der Waals surface area contributed by atoms with Crippen molar-refractivity contribution >= 4 is 17.6 Å².